The van der Waals surface area contributed by atoms with Crippen LogP contribution < -0.4 is 4.74 Å². The van der Waals surface area contributed by atoms with Crippen LogP contribution in [-0.2, 0) is 11.2 Å². The molecule has 0 bridgehead atoms. The maximum Gasteiger partial charge on any atom is 0.513 e. The van der Waals surface area contributed by atoms with E-state index in [9.17, 15) is 4.79 Å². The van der Waals surface area contributed by atoms with E-state index >= 15 is 0 Å². The van der Waals surface area contributed by atoms with Crippen LogP contribution in [0.5, 0.6) is 5.75 Å². The lowest BCUT2D eigenvalue weighted by molar-refractivity contribution is 0.0998. The average molecular weight is 284 g/mol. The summed E-state index contributed by atoms with van der Waals surface area (Å²) >= 11 is 0. The Kier molecular flexibility index (Phi) is 4.99. The zero-order chi connectivity index (χ0) is 15.2. The predicted molar refractivity (Wildman–Crippen MR) is 82.8 cm³/mol. The SMILES string of the molecule is Cc1ccc(OC(=O)OCCc2ccccc2)c(C)c1C. The lowest BCUT2D eigenvalue weighted by Crippen LogP contribution is -2.13. The first-order chi connectivity index (χ1) is 10.1. The predicted octanol–water partition coefficient (Wildman–Crippen LogP) is 4.37. The molecule has 0 saturated carbocycles. The van der Waals surface area contributed by atoms with Crippen LogP contribution in [0.25, 0.3) is 0 Å². The molecule has 2 aromatic rings. The largest absolute Gasteiger partial charge is 0.513 e. The second kappa shape index (κ2) is 6.93. The molecular weight excluding hydrogens is 264 g/mol. The zero-order valence-corrected chi connectivity index (χ0v) is 12.7. The van der Waals surface area contributed by atoms with Gasteiger partial charge < -0.3 is 9.47 Å². The molecule has 3 heteroatoms. The van der Waals surface area contributed by atoms with Crippen molar-refractivity contribution in [2.75, 3.05) is 6.61 Å². The molecule has 0 N–H and O–H groups in total. The van der Waals surface area contributed by atoms with Crippen LogP contribution >= 0.6 is 0 Å². The van der Waals surface area contributed by atoms with Crippen molar-refractivity contribution >= 4 is 6.16 Å². The van der Waals surface area contributed by atoms with Crippen molar-refractivity contribution in [1.82, 2.24) is 0 Å². The first-order valence-corrected chi connectivity index (χ1v) is 7.03. The minimum Gasteiger partial charge on any atom is -0.434 e. The number of hydrogen-bond donors (Lipinski definition) is 0. The van der Waals surface area contributed by atoms with Gasteiger partial charge in [0.1, 0.15) is 5.75 Å². The van der Waals surface area contributed by atoms with Gasteiger partial charge in [-0.2, -0.15) is 0 Å². The zero-order valence-electron chi connectivity index (χ0n) is 12.7. The maximum absolute atomic E-state index is 11.7. The van der Waals surface area contributed by atoms with E-state index in [-0.39, 0.29) is 0 Å². The van der Waals surface area contributed by atoms with Crippen LogP contribution in [0.4, 0.5) is 4.79 Å². The van der Waals surface area contributed by atoms with Gasteiger partial charge in [0.05, 0.1) is 6.61 Å². The number of ether oxygens (including phenoxy) is 2. The third-order valence-electron chi connectivity index (χ3n) is 3.66. The molecule has 0 radical (unpaired) electrons. The summed E-state index contributed by atoms with van der Waals surface area (Å²) < 4.78 is 10.4. The van der Waals surface area contributed by atoms with Gasteiger partial charge in [0.25, 0.3) is 0 Å². The van der Waals surface area contributed by atoms with E-state index in [0.717, 1.165) is 16.7 Å². The van der Waals surface area contributed by atoms with E-state index in [4.69, 9.17) is 9.47 Å². The summed E-state index contributed by atoms with van der Waals surface area (Å²) in [5.41, 5.74) is 4.41. The van der Waals surface area contributed by atoms with E-state index in [1.165, 1.54) is 5.56 Å². The molecule has 0 heterocycles. The highest BCUT2D eigenvalue weighted by molar-refractivity contribution is 5.65. The Hall–Kier alpha value is -2.29. The fourth-order valence-electron chi connectivity index (χ4n) is 2.06. The molecule has 0 aliphatic heterocycles. The van der Waals surface area contributed by atoms with Crippen LogP contribution in [0.15, 0.2) is 42.5 Å². The van der Waals surface area contributed by atoms with Gasteiger partial charge in [0.2, 0.25) is 0 Å². The number of carbonyl (C=O) groups is 1. The van der Waals surface area contributed by atoms with E-state index in [1.807, 2.05) is 57.2 Å². The number of benzene rings is 2. The molecule has 0 aliphatic rings. The van der Waals surface area contributed by atoms with Gasteiger partial charge in [0, 0.05) is 6.42 Å². The van der Waals surface area contributed by atoms with E-state index < -0.39 is 6.16 Å². The molecule has 0 fully saturated rings. The molecule has 0 spiro atoms. The standard InChI is InChI=1S/C18H20O3/c1-13-9-10-17(15(3)14(13)2)21-18(19)20-12-11-16-7-5-4-6-8-16/h4-10H,11-12H2,1-3H3. The fraction of sp³-hybridized carbons (Fsp3) is 0.278. The summed E-state index contributed by atoms with van der Waals surface area (Å²) in [5, 5.41) is 0. The van der Waals surface area contributed by atoms with Crippen molar-refractivity contribution in [3.05, 3.63) is 64.7 Å². The molecule has 0 saturated heterocycles. The molecule has 0 aromatic heterocycles. The third kappa shape index (κ3) is 4.09. The van der Waals surface area contributed by atoms with E-state index in [0.29, 0.717) is 18.8 Å². The quantitative estimate of drug-likeness (QED) is 0.617. The van der Waals surface area contributed by atoms with Crippen molar-refractivity contribution in [2.24, 2.45) is 0 Å². The summed E-state index contributed by atoms with van der Waals surface area (Å²) in [4.78, 5) is 11.7. The second-order valence-corrected chi connectivity index (χ2v) is 5.07. The van der Waals surface area contributed by atoms with Crippen molar-refractivity contribution in [1.29, 1.82) is 0 Å². The lowest BCUT2D eigenvalue weighted by Gasteiger charge is -2.11. The van der Waals surface area contributed by atoms with Crippen LogP contribution in [0, 0.1) is 20.8 Å². The Morgan fingerprint density at radius 1 is 0.952 bits per heavy atom. The van der Waals surface area contributed by atoms with Gasteiger partial charge >= 0.3 is 6.16 Å². The van der Waals surface area contributed by atoms with Crippen molar-refractivity contribution in [2.45, 2.75) is 27.2 Å². The normalized spacial score (nSPS) is 10.2. The highest BCUT2D eigenvalue weighted by Crippen LogP contribution is 2.24. The first kappa shape index (κ1) is 15.1. The van der Waals surface area contributed by atoms with Gasteiger partial charge in [-0.3, -0.25) is 0 Å². The van der Waals surface area contributed by atoms with Crippen LogP contribution in [0.3, 0.4) is 0 Å². The molecule has 2 rings (SSSR count). The minimum absolute atomic E-state index is 0.312. The van der Waals surface area contributed by atoms with Gasteiger partial charge in [0.15, 0.2) is 0 Å². The lowest BCUT2D eigenvalue weighted by atomic mass is 10.0. The smallest absolute Gasteiger partial charge is 0.434 e. The Morgan fingerprint density at radius 3 is 2.38 bits per heavy atom. The number of rotatable bonds is 4. The molecule has 2 aromatic carbocycles. The van der Waals surface area contributed by atoms with E-state index in [2.05, 4.69) is 0 Å². The Balaban J connectivity index is 1.86. The highest BCUT2D eigenvalue weighted by Gasteiger charge is 2.10. The summed E-state index contributed by atoms with van der Waals surface area (Å²) in [6, 6.07) is 13.6. The Bertz CT molecular complexity index is 618. The summed E-state index contributed by atoms with van der Waals surface area (Å²) in [6.45, 7) is 6.30. The fourth-order valence-corrected chi connectivity index (χ4v) is 2.06. The molecular formula is C18H20O3. The molecule has 0 amide bonds. The third-order valence-corrected chi connectivity index (χ3v) is 3.66. The maximum atomic E-state index is 11.7. The number of hydrogen-bond acceptors (Lipinski definition) is 3. The molecule has 3 nitrogen and oxygen atoms in total. The number of carbonyl (C=O) groups excluding carboxylic acids is 1. The Morgan fingerprint density at radius 2 is 1.67 bits per heavy atom. The minimum atomic E-state index is -0.655. The first-order valence-electron chi connectivity index (χ1n) is 7.03. The van der Waals surface area contributed by atoms with Gasteiger partial charge in [-0.25, -0.2) is 4.79 Å². The van der Waals surface area contributed by atoms with Crippen LogP contribution in [-0.4, -0.2) is 12.8 Å². The highest BCUT2D eigenvalue weighted by atomic mass is 16.7. The molecule has 21 heavy (non-hydrogen) atoms. The van der Waals surface area contributed by atoms with Gasteiger partial charge in [-0.1, -0.05) is 36.4 Å². The monoisotopic (exact) mass is 284 g/mol. The van der Waals surface area contributed by atoms with Crippen molar-refractivity contribution < 1.29 is 14.3 Å². The summed E-state index contributed by atoms with van der Waals surface area (Å²) in [7, 11) is 0. The van der Waals surface area contributed by atoms with Crippen molar-refractivity contribution in [3.8, 4) is 5.75 Å². The molecule has 0 atom stereocenters. The number of aryl methyl sites for hydroxylation is 1. The van der Waals surface area contributed by atoms with Gasteiger partial charge in [-0.05, 0) is 49.1 Å². The summed E-state index contributed by atoms with van der Waals surface area (Å²) in [6.07, 6.45) is 0.0271. The average Bonchev–Trinajstić information content (AvgIpc) is 2.49. The van der Waals surface area contributed by atoms with E-state index in [1.54, 1.807) is 6.07 Å². The summed E-state index contributed by atoms with van der Waals surface area (Å²) in [5.74, 6) is 0.558. The van der Waals surface area contributed by atoms with Crippen LogP contribution in [0.2, 0.25) is 0 Å². The molecule has 110 valence electrons. The molecule has 0 aliphatic carbocycles. The topological polar surface area (TPSA) is 35.5 Å². The van der Waals surface area contributed by atoms with Gasteiger partial charge in [-0.15, -0.1) is 0 Å². The van der Waals surface area contributed by atoms with Crippen molar-refractivity contribution in [3.63, 3.8) is 0 Å². The second-order valence-electron chi connectivity index (χ2n) is 5.07. The van der Waals surface area contributed by atoms with Crippen LogP contribution in [0.1, 0.15) is 22.3 Å². The Labute approximate surface area is 125 Å². The molecule has 0 unspecified atom stereocenters.